The van der Waals surface area contributed by atoms with Crippen LogP contribution in [-0.2, 0) is 0 Å². The predicted molar refractivity (Wildman–Crippen MR) is 50.8 cm³/mol. The van der Waals surface area contributed by atoms with Crippen LogP contribution in [-0.4, -0.2) is 23.2 Å². The zero-order valence-corrected chi connectivity index (χ0v) is 8.93. The highest BCUT2D eigenvalue weighted by Gasteiger charge is 2.38. The van der Waals surface area contributed by atoms with Gasteiger partial charge in [0.25, 0.3) is 0 Å². The topological polar surface area (TPSA) is 26.0 Å². The highest BCUT2D eigenvalue weighted by Crippen LogP contribution is 2.32. The molecule has 0 aromatic heterocycles. The Kier molecular flexibility index (Phi) is 4.59. The van der Waals surface area contributed by atoms with Gasteiger partial charge in [0.1, 0.15) is 0 Å². The zero-order chi connectivity index (χ0) is 10.7. The minimum absolute atomic E-state index is 0.0451. The second kappa shape index (κ2) is 4.55. The first kappa shape index (κ1) is 13.1. The molecule has 1 unspecified atom stereocenters. The maximum atomic E-state index is 12.2. The number of alkyl halides is 3. The third-order valence-corrected chi connectivity index (χ3v) is 2.90. The summed E-state index contributed by atoms with van der Waals surface area (Å²) in [6.45, 7) is 5.34. The van der Waals surface area contributed by atoms with Crippen molar-refractivity contribution in [3.05, 3.63) is 0 Å². The van der Waals surface area contributed by atoms with Gasteiger partial charge in [-0.3, -0.25) is 0 Å². The monoisotopic (exact) mass is 215 g/mol. The minimum Gasteiger partial charge on any atom is -0.330 e. The van der Waals surface area contributed by atoms with Gasteiger partial charge < -0.3 is 5.73 Å². The molecule has 80 valence electrons. The van der Waals surface area contributed by atoms with Crippen LogP contribution in [0.1, 0.15) is 20.8 Å². The third kappa shape index (κ3) is 6.21. The van der Waals surface area contributed by atoms with Crippen LogP contribution in [0.2, 0.25) is 0 Å². The number of rotatable bonds is 3. The zero-order valence-electron chi connectivity index (χ0n) is 8.11. The number of nitrogens with two attached hydrogens (primary N) is 1. The average molecular weight is 215 g/mol. The maximum absolute atomic E-state index is 12.2. The summed E-state index contributed by atoms with van der Waals surface area (Å²) < 4.78 is 36.5. The van der Waals surface area contributed by atoms with E-state index >= 15 is 0 Å². The maximum Gasteiger partial charge on any atom is 0.393 e. The normalized spacial score (nSPS) is 15.9. The van der Waals surface area contributed by atoms with Gasteiger partial charge in [-0.15, -0.1) is 0 Å². The molecule has 0 heterocycles. The first-order valence-electron chi connectivity index (χ1n) is 4.07. The molecule has 5 heteroatoms. The Hall–Kier alpha value is 0.100. The molecule has 0 amide bonds. The van der Waals surface area contributed by atoms with Crippen LogP contribution in [0.15, 0.2) is 0 Å². The summed E-state index contributed by atoms with van der Waals surface area (Å²) in [4.78, 5) is 0. The summed E-state index contributed by atoms with van der Waals surface area (Å²) in [6.07, 6.45) is -4.16. The van der Waals surface area contributed by atoms with Gasteiger partial charge in [0.2, 0.25) is 0 Å². The van der Waals surface area contributed by atoms with E-state index in [1.807, 2.05) is 20.8 Å². The predicted octanol–water partition coefficient (Wildman–Crippen LogP) is 2.66. The van der Waals surface area contributed by atoms with Gasteiger partial charge in [0.15, 0.2) is 0 Å². The number of halogens is 3. The van der Waals surface area contributed by atoms with E-state index in [-0.39, 0.29) is 17.0 Å². The number of hydrogen-bond acceptors (Lipinski definition) is 2. The molecule has 0 aromatic carbocycles. The van der Waals surface area contributed by atoms with E-state index in [1.165, 1.54) is 11.8 Å². The molecule has 0 aliphatic carbocycles. The van der Waals surface area contributed by atoms with Crippen molar-refractivity contribution in [1.29, 1.82) is 0 Å². The summed E-state index contributed by atoms with van der Waals surface area (Å²) in [5, 5.41) is 0. The molecule has 1 atom stereocenters. The van der Waals surface area contributed by atoms with E-state index in [2.05, 4.69) is 0 Å². The number of thioether (sulfide) groups is 1. The highest BCUT2D eigenvalue weighted by atomic mass is 32.2. The lowest BCUT2D eigenvalue weighted by Gasteiger charge is -2.23. The Morgan fingerprint density at radius 1 is 1.23 bits per heavy atom. The van der Waals surface area contributed by atoms with Crippen molar-refractivity contribution >= 4 is 11.8 Å². The van der Waals surface area contributed by atoms with Crippen molar-refractivity contribution in [2.75, 3.05) is 12.3 Å². The van der Waals surface area contributed by atoms with Gasteiger partial charge in [-0.05, 0) is 0 Å². The summed E-state index contributed by atoms with van der Waals surface area (Å²) in [5.41, 5.74) is 5.05. The molecule has 0 spiro atoms. The fourth-order valence-corrected chi connectivity index (χ4v) is 1.67. The lowest BCUT2D eigenvalue weighted by Crippen LogP contribution is -2.33. The van der Waals surface area contributed by atoms with Gasteiger partial charge in [0.05, 0.1) is 5.92 Å². The van der Waals surface area contributed by atoms with Crippen molar-refractivity contribution in [3.8, 4) is 0 Å². The highest BCUT2D eigenvalue weighted by molar-refractivity contribution is 8.00. The Morgan fingerprint density at radius 3 is 1.92 bits per heavy atom. The van der Waals surface area contributed by atoms with Crippen LogP contribution < -0.4 is 5.73 Å². The largest absolute Gasteiger partial charge is 0.393 e. The van der Waals surface area contributed by atoms with Crippen molar-refractivity contribution in [2.45, 2.75) is 31.7 Å². The summed E-state index contributed by atoms with van der Waals surface area (Å²) >= 11 is 1.29. The molecule has 0 radical (unpaired) electrons. The molecule has 0 saturated carbocycles. The molecule has 0 bridgehead atoms. The van der Waals surface area contributed by atoms with Gasteiger partial charge >= 0.3 is 6.18 Å². The van der Waals surface area contributed by atoms with E-state index in [9.17, 15) is 13.2 Å². The van der Waals surface area contributed by atoms with Crippen LogP contribution in [0, 0.1) is 5.92 Å². The molecular formula is C8H16F3NS. The molecule has 13 heavy (non-hydrogen) atoms. The first-order chi connectivity index (χ1) is 5.67. The van der Waals surface area contributed by atoms with E-state index in [1.54, 1.807) is 0 Å². The van der Waals surface area contributed by atoms with Gasteiger partial charge in [-0.25, -0.2) is 0 Å². The van der Waals surface area contributed by atoms with Crippen LogP contribution in [0.4, 0.5) is 13.2 Å². The molecule has 0 aromatic rings. The second-order valence-electron chi connectivity index (χ2n) is 3.90. The van der Waals surface area contributed by atoms with Gasteiger partial charge in [0, 0.05) is 17.0 Å². The smallest absolute Gasteiger partial charge is 0.330 e. The molecule has 0 fully saturated rings. The second-order valence-corrected chi connectivity index (χ2v) is 5.74. The Labute approximate surface area is 81.3 Å². The van der Waals surface area contributed by atoms with Crippen molar-refractivity contribution in [2.24, 2.45) is 11.7 Å². The molecule has 0 aliphatic rings. The van der Waals surface area contributed by atoms with Crippen LogP contribution >= 0.6 is 11.8 Å². The quantitative estimate of drug-likeness (QED) is 0.783. The van der Waals surface area contributed by atoms with E-state index in [4.69, 9.17) is 5.73 Å². The van der Waals surface area contributed by atoms with Crippen LogP contribution in [0.3, 0.4) is 0 Å². The lowest BCUT2D eigenvalue weighted by molar-refractivity contribution is -0.165. The minimum atomic E-state index is -4.16. The molecule has 0 aliphatic heterocycles. The first-order valence-corrected chi connectivity index (χ1v) is 5.06. The Morgan fingerprint density at radius 2 is 1.69 bits per heavy atom. The summed E-state index contributed by atoms with van der Waals surface area (Å²) in [6, 6.07) is 0. The standard InChI is InChI=1S/C8H16F3NS/c1-7(2,3)13-5-6(4-12)8(9,10)11/h6H,4-5,12H2,1-3H3. The Bertz CT molecular complexity index is 150. The van der Waals surface area contributed by atoms with E-state index in [0.717, 1.165) is 0 Å². The van der Waals surface area contributed by atoms with E-state index in [0.29, 0.717) is 0 Å². The van der Waals surface area contributed by atoms with Crippen molar-refractivity contribution in [3.63, 3.8) is 0 Å². The van der Waals surface area contributed by atoms with Crippen molar-refractivity contribution < 1.29 is 13.2 Å². The summed E-state index contributed by atoms with van der Waals surface area (Å²) in [7, 11) is 0. The van der Waals surface area contributed by atoms with Gasteiger partial charge in [-0.2, -0.15) is 24.9 Å². The third-order valence-electron chi connectivity index (χ3n) is 1.46. The van der Waals surface area contributed by atoms with Crippen molar-refractivity contribution in [1.82, 2.24) is 0 Å². The average Bonchev–Trinajstić information content (AvgIpc) is 1.82. The molecular weight excluding hydrogens is 199 g/mol. The molecule has 1 nitrogen and oxygen atoms in total. The lowest BCUT2D eigenvalue weighted by atomic mass is 10.2. The van der Waals surface area contributed by atoms with E-state index < -0.39 is 12.1 Å². The number of hydrogen-bond donors (Lipinski definition) is 1. The Balaban J connectivity index is 4.02. The summed E-state index contributed by atoms with van der Waals surface area (Å²) in [5.74, 6) is -1.33. The van der Waals surface area contributed by atoms with Crippen LogP contribution in [0.25, 0.3) is 0 Å². The fraction of sp³-hybridized carbons (Fsp3) is 1.00. The van der Waals surface area contributed by atoms with Gasteiger partial charge in [-0.1, -0.05) is 20.8 Å². The van der Waals surface area contributed by atoms with Crippen LogP contribution in [0.5, 0.6) is 0 Å². The fourth-order valence-electron chi connectivity index (χ4n) is 0.647. The SMILES string of the molecule is CC(C)(C)SCC(CN)C(F)(F)F. The molecule has 0 saturated heterocycles. The molecule has 0 rings (SSSR count). The molecule has 2 N–H and O–H groups in total.